The highest BCUT2D eigenvalue weighted by Crippen LogP contribution is 2.29. The van der Waals surface area contributed by atoms with Gasteiger partial charge in [0.05, 0.1) is 12.9 Å². The summed E-state index contributed by atoms with van der Waals surface area (Å²) in [6.45, 7) is 1.45. The Balaban J connectivity index is 1.37. The Labute approximate surface area is 180 Å². The van der Waals surface area contributed by atoms with E-state index in [0.717, 1.165) is 23.4 Å². The molecule has 7 heteroatoms. The second kappa shape index (κ2) is 9.80. The van der Waals surface area contributed by atoms with Crippen molar-refractivity contribution in [2.24, 2.45) is 5.92 Å². The van der Waals surface area contributed by atoms with Crippen molar-refractivity contribution in [3.63, 3.8) is 0 Å². The summed E-state index contributed by atoms with van der Waals surface area (Å²) in [6.07, 6.45) is 3.68. The van der Waals surface area contributed by atoms with E-state index >= 15 is 0 Å². The van der Waals surface area contributed by atoms with Crippen LogP contribution in [0.1, 0.15) is 24.8 Å². The van der Waals surface area contributed by atoms with Crippen molar-refractivity contribution < 1.29 is 13.9 Å². The molecule has 0 N–H and O–H groups in total. The van der Waals surface area contributed by atoms with Gasteiger partial charge >= 0.3 is 0 Å². The van der Waals surface area contributed by atoms with E-state index in [1.807, 2.05) is 47.4 Å². The average molecular weight is 424 g/mol. The van der Waals surface area contributed by atoms with Crippen molar-refractivity contribution in [1.29, 1.82) is 0 Å². The molecule has 3 aromatic rings. The van der Waals surface area contributed by atoms with Crippen molar-refractivity contribution in [3.05, 3.63) is 60.2 Å². The Kier molecular flexibility index (Phi) is 6.69. The first kappa shape index (κ1) is 20.5. The molecule has 1 aromatic heterocycles. The van der Waals surface area contributed by atoms with Gasteiger partial charge in [0.25, 0.3) is 5.22 Å². The second-order valence-corrected chi connectivity index (χ2v) is 8.37. The predicted molar refractivity (Wildman–Crippen MR) is 116 cm³/mol. The van der Waals surface area contributed by atoms with Gasteiger partial charge in [-0.05, 0) is 48.6 Å². The molecule has 30 heavy (non-hydrogen) atoms. The monoisotopic (exact) mass is 423 g/mol. The fourth-order valence-corrected chi connectivity index (χ4v) is 4.04. The van der Waals surface area contributed by atoms with Crippen molar-refractivity contribution in [1.82, 2.24) is 15.1 Å². The summed E-state index contributed by atoms with van der Waals surface area (Å²) in [5.74, 6) is 2.20. The summed E-state index contributed by atoms with van der Waals surface area (Å²) in [4.78, 5) is 14.9. The van der Waals surface area contributed by atoms with Crippen LogP contribution in [-0.2, 0) is 11.3 Å². The molecule has 6 nitrogen and oxygen atoms in total. The van der Waals surface area contributed by atoms with Gasteiger partial charge in [-0.2, -0.15) is 0 Å². The maximum absolute atomic E-state index is 12.9. The van der Waals surface area contributed by atoms with Gasteiger partial charge in [-0.15, -0.1) is 10.2 Å². The number of thioether (sulfide) groups is 1. The minimum Gasteiger partial charge on any atom is -0.497 e. The van der Waals surface area contributed by atoms with Crippen LogP contribution >= 0.6 is 11.8 Å². The highest BCUT2D eigenvalue weighted by molar-refractivity contribution is 7.99. The van der Waals surface area contributed by atoms with Gasteiger partial charge in [0, 0.05) is 18.7 Å². The van der Waals surface area contributed by atoms with E-state index in [2.05, 4.69) is 22.3 Å². The van der Waals surface area contributed by atoms with E-state index in [1.54, 1.807) is 7.11 Å². The summed E-state index contributed by atoms with van der Waals surface area (Å²) >= 11 is 1.29. The largest absolute Gasteiger partial charge is 0.497 e. The minimum absolute atomic E-state index is 0.0972. The van der Waals surface area contributed by atoms with Crippen molar-refractivity contribution in [3.8, 4) is 17.2 Å². The molecule has 0 saturated heterocycles. The Morgan fingerprint density at radius 2 is 1.90 bits per heavy atom. The molecule has 0 radical (unpaired) electrons. The molecule has 0 spiro atoms. The molecular formula is C23H25N3O3S. The SMILES string of the molecule is COc1ccc(-c2nnc(SCC(=O)N(Cc3ccccc3)CC3CCC3)o2)cc1. The van der Waals surface area contributed by atoms with E-state index in [-0.39, 0.29) is 11.7 Å². The molecule has 1 saturated carbocycles. The molecule has 1 heterocycles. The van der Waals surface area contributed by atoms with Crippen LogP contribution < -0.4 is 4.74 Å². The Hall–Kier alpha value is -2.80. The van der Waals surface area contributed by atoms with Crippen molar-refractivity contribution >= 4 is 17.7 Å². The maximum atomic E-state index is 12.9. The maximum Gasteiger partial charge on any atom is 0.277 e. The number of rotatable bonds is 9. The average Bonchev–Trinajstić information content (AvgIpc) is 3.23. The van der Waals surface area contributed by atoms with Crippen LogP contribution in [0.5, 0.6) is 5.75 Å². The van der Waals surface area contributed by atoms with Crippen LogP contribution in [0.15, 0.2) is 64.2 Å². The summed E-state index contributed by atoms with van der Waals surface area (Å²) in [7, 11) is 1.62. The Morgan fingerprint density at radius 3 is 2.57 bits per heavy atom. The molecule has 2 aromatic carbocycles. The van der Waals surface area contributed by atoms with E-state index in [4.69, 9.17) is 9.15 Å². The second-order valence-electron chi connectivity index (χ2n) is 7.45. The Bertz CT molecular complexity index is 955. The zero-order chi connectivity index (χ0) is 20.8. The lowest BCUT2D eigenvalue weighted by Gasteiger charge is -2.32. The zero-order valence-corrected chi connectivity index (χ0v) is 17.8. The van der Waals surface area contributed by atoms with Gasteiger partial charge < -0.3 is 14.1 Å². The van der Waals surface area contributed by atoms with Gasteiger partial charge in [-0.25, -0.2) is 0 Å². The molecule has 1 aliphatic rings. The Morgan fingerprint density at radius 1 is 1.13 bits per heavy atom. The van der Waals surface area contributed by atoms with E-state index in [0.29, 0.717) is 23.6 Å². The normalized spacial score (nSPS) is 13.6. The lowest BCUT2D eigenvalue weighted by atomic mass is 9.85. The van der Waals surface area contributed by atoms with Crippen LogP contribution in [0.25, 0.3) is 11.5 Å². The topological polar surface area (TPSA) is 68.5 Å². The highest BCUT2D eigenvalue weighted by atomic mass is 32.2. The molecule has 156 valence electrons. The number of ether oxygens (including phenoxy) is 1. The molecule has 0 atom stereocenters. The standard InChI is InChI=1S/C23H25N3O3S/c1-28-20-12-10-19(11-13-20)22-24-25-23(29-22)30-16-21(27)26(15-18-8-5-9-18)14-17-6-3-2-4-7-17/h2-4,6-7,10-13,18H,5,8-9,14-16H2,1H3. The smallest absolute Gasteiger partial charge is 0.277 e. The third kappa shape index (κ3) is 5.21. The number of hydrogen-bond donors (Lipinski definition) is 0. The van der Waals surface area contributed by atoms with Crippen LogP contribution in [0.2, 0.25) is 0 Å². The van der Waals surface area contributed by atoms with Crippen LogP contribution in [0.4, 0.5) is 0 Å². The number of benzene rings is 2. The first-order valence-electron chi connectivity index (χ1n) is 10.1. The lowest BCUT2D eigenvalue weighted by molar-refractivity contribution is -0.130. The highest BCUT2D eigenvalue weighted by Gasteiger charge is 2.24. The minimum atomic E-state index is 0.0972. The lowest BCUT2D eigenvalue weighted by Crippen LogP contribution is -2.38. The number of aromatic nitrogens is 2. The molecule has 0 aliphatic heterocycles. The molecule has 1 amide bonds. The molecule has 1 fully saturated rings. The number of nitrogens with zero attached hydrogens (tertiary/aromatic N) is 3. The fraction of sp³-hybridized carbons (Fsp3) is 0.348. The van der Waals surface area contributed by atoms with E-state index in [1.165, 1.54) is 31.0 Å². The quantitative estimate of drug-likeness (QED) is 0.466. The molecule has 0 bridgehead atoms. The number of carbonyl (C=O) groups is 1. The first-order chi connectivity index (χ1) is 14.7. The summed E-state index contributed by atoms with van der Waals surface area (Å²) < 4.78 is 10.9. The summed E-state index contributed by atoms with van der Waals surface area (Å²) in [6, 6.07) is 17.6. The first-order valence-corrected chi connectivity index (χ1v) is 11.1. The third-order valence-electron chi connectivity index (χ3n) is 5.33. The van der Waals surface area contributed by atoms with E-state index in [9.17, 15) is 4.79 Å². The van der Waals surface area contributed by atoms with Gasteiger partial charge in [0.15, 0.2) is 0 Å². The third-order valence-corrected chi connectivity index (χ3v) is 6.14. The fourth-order valence-electron chi connectivity index (χ4n) is 3.38. The molecule has 0 unspecified atom stereocenters. The number of amides is 1. The van der Waals surface area contributed by atoms with Crippen LogP contribution in [0.3, 0.4) is 0 Å². The van der Waals surface area contributed by atoms with Gasteiger partial charge in [0.1, 0.15) is 5.75 Å². The van der Waals surface area contributed by atoms with Crippen LogP contribution in [-0.4, -0.2) is 40.4 Å². The number of hydrogen-bond acceptors (Lipinski definition) is 6. The number of methoxy groups -OCH3 is 1. The summed E-state index contributed by atoms with van der Waals surface area (Å²) in [5.41, 5.74) is 1.96. The molecular weight excluding hydrogens is 398 g/mol. The van der Waals surface area contributed by atoms with Crippen molar-refractivity contribution in [2.45, 2.75) is 31.0 Å². The summed E-state index contributed by atoms with van der Waals surface area (Å²) in [5, 5.41) is 8.58. The number of carbonyl (C=O) groups excluding carboxylic acids is 1. The van der Waals surface area contributed by atoms with Gasteiger partial charge in [-0.3, -0.25) is 4.79 Å². The van der Waals surface area contributed by atoms with Crippen molar-refractivity contribution in [2.75, 3.05) is 19.4 Å². The molecule has 1 aliphatic carbocycles. The van der Waals surface area contributed by atoms with Crippen LogP contribution in [0, 0.1) is 5.92 Å². The van der Waals surface area contributed by atoms with Gasteiger partial charge in [0.2, 0.25) is 11.8 Å². The van der Waals surface area contributed by atoms with E-state index < -0.39 is 0 Å². The molecule has 4 rings (SSSR count). The zero-order valence-electron chi connectivity index (χ0n) is 17.0. The van der Waals surface area contributed by atoms with Gasteiger partial charge in [-0.1, -0.05) is 48.5 Å². The predicted octanol–water partition coefficient (Wildman–Crippen LogP) is 4.67.